The summed E-state index contributed by atoms with van der Waals surface area (Å²) >= 11 is 0. The summed E-state index contributed by atoms with van der Waals surface area (Å²) in [5.74, 6) is -0.831. The van der Waals surface area contributed by atoms with Crippen LogP contribution >= 0.6 is 0 Å². The molecule has 2 aromatic carbocycles. The van der Waals surface area contributed by atoms with Gasteiger partial charge in [0.25, 0.3) is 0 Å². The second-order valence-electron chi connectivity index (χ2n) is 7.32. The molecule has 1 saturated carbocycles. The topological polar surface area (TPSA) is 49.4 Å². The Balaban J connectivity index is 1.39. The van der Waals surface area contributed by atoms with E-state index in [-0.39, 0.29) is 42.4 Å². The molecule has 0 bridgehead atoms. The number of anilines is 1. The number of nitrogens with one attached hydrogen (secondary N) is 1. The highest BCUT2D eigenvalue weighted by Gasteiger charge is 2.43. The van der Waals surface area contributed by atoms with Gasteiger partial charge in [0.05, 0.1) is 11.5 Å². The van der Waals surface area contributed by atoms with E-state index in [1.165, 1.54) is 22.6 Å². The molecule has 2 amide bonds. The molecule has 2 fully saturated rings. The van der Waals surface area contributed by atoms with Crippen molar-refractivity contribution in [2.45, 2.75) is 31.0 Å². The molecule has 1 heterocycles. The second-order valence-corrected chi connectivity index (χ2v) is 7.32. The average Bonchev–Trinajstić information content (AvgIpc) is 3.33. The number of halogens is 3. The van der Waals surface area contributed by atoms with Crippen molar-refractivity contribution in [3.05, 3.63) is 65.7 Å². The average molecular weight is 388 g/mol. The highest BCUT2D eigenvalue weighted by Crippen LogP contribution is 2.41. The molecule has 1 N–H and O–H groups in total. The number of carbonyl (C=O) groups excluding carboxylic acids is 2. The summed E-state index contributed by atoms with van der Waals surface area (Å²) in [6.07, 6.45) is -3.62. The quantitative estimate of drug-likeness (QED) is 0.868. The van der Waals surface area contributed by atoms with Crippen LogP contribution in [-0.2, 0) is 15.8 Å². The molecule has 0 aromatic heterocycles. The van der Waals surface area contributed by atoms with E-state index in [2.05, 4.69) is 5.32 Å². The number of rotatable bonds is 4. The molecule has 4 rings (SSSR count). The zero-order valence-corrected chi connectivity index (χ0v) is 14.9. The number of benzene rings is 2. The predicted molar refractivity (Wildman–Crippen MR) is 97.6 cm³/mol. The molecule has 3 atom stereocenters. The Labute approximate surface area is 160 Å². The van der Waals surface area contributed by atoms with Crippen molar-refractivity contribution in [2.24, 2.45) is 5.92 Å². The van der Waals surface area contributed by atoms with E-state index in [1.54, 1.807) is 0 Å². The first-order chi connectivity index (χ1) is 13.3. The molecule has 1 saturated heterocycles. The third-order valence-electron chi connectivity index (χ3n) is 5.33. The molecule has 7 heteroatoms. The van der Waals surface area contributed by atoms with Crippen molar-refractivity contribution >= 4 is 17.5 Å². The second kappa shape index (κ2) is 6.96. The molecule has 28 heavy (non-hydrogen) atoms. The summed E-state index contributed by atoms with van der Waals surface area (Å²) in [7, 11) is 0. The summed E-state index contributed by atoms with van der Waals surface area (Å²) in [4.78, 5) is 26.1. The zero-order valence-electron chi connectivity index (χ0n) is 14.9. The van der Waals surface area contributed by atoms with Crippen LogP contribution in [0.4, 0.5) is 18.9 Å². The van der Waals surface area contributed by atoms with E-state index >= 15 is 0 Å². The van der Waals surface area contributed by atoms with E-state index in [0.717, 1.165) is 18.6 Å². The van der Waals surface area contributed by atoms with Crippen molar-refractivity contribution in [3.63, 3.8) is 0 Å². The first-order valence-electron chi connectivity index (χ1n) is 9.16. The van der Waals surface area contributed by atoms with Crippen molar-refractivity contribution in [1.82, 2.24) is 5.32 Å². The van der Waals surface area contributed by atoms with Crippen molar-refractivity contribution < 1.29 is 22.8 Å². The fourth-order valence-electron chi connectivity index (χ4n) is 3.71. The fraction of sp³-hybridized carbons (Fsp3) is 0.333. The van der Waals surface area contributed by atoms with Crippen LogP contribution in [0.3, 0.4) is 0 Å². The SMILES string of the molecule is O=C(N[C@@H]1C[C@H]1c1ccccc1)[C@H]1CC(=O)N(c2cccc(C(F)(F)F)c2)C1. The lowest BCUT2D eigenvalue weighted by molar-refractivity contribution is -0.137. The molecule has 2 aliphatic rings. The third-order valence-corrected chi connectivity index (χ3v) is 5.33. The fourth-order valence-corrected chi connectivity index (χ4v) is 3.71. The third kappa shape index (κ3) is 3.74. The van der Waals surface area contributed by atoms with Crippen LogP contribution < -0.4 is 10.2 Å². The van der Waals surface area contributed by atoms with Crippen LogP contribution in [-0.4, -0.2) is 24.4 Å². The Bertz CT molecular complexity index is 898. The van der Waals surface area contributed by atoms with Crippen LogP contribution in [0.15, 0.2) is 54.6 Å². The van der Waals surface area contributed by atoms with Crippen LogP contribution in [0.5, 0.6) is 0 Å². The van der Waals surface area contributed by atoms with Gasteiger partial charge in [0, 0.05) is 30.6 Å². The van der Waals surface area contributed by atoms with E-state index < -0.39 is 17.7 Å². The number of alkyl halides is 3. The van der Waals surface area contributed by atoms with Crippen LogP contribution in [0.25, 0.3) is 0 Å². The van der Waals surface area contributed by atoms with Gasteiger partial charge < -0.3 is 10.2 Å². The van der Waals surface area contributed by atoms with Crippen molar-refractivity contribution in [2.75, 3.05) is 11.4 Å². The molecule has 146 valence electrons. The first-order valence-corrected chi connectivity index (χ1v) is 9.16. The van der Waals surface area contributed by atoms with E-state index in [0.29, 0.717) is 0 Å². The highest BCUT2D eigenvalue weighted by molar-refractivity contribution is 6.00. The number of amides is 2. The van der Waals surface area contributed by atoms with Gasteiger partial charge >= 0.3 is 6.18 Å². The Kier molecular flexibility index (Phi) is 4.61. The Morgan fingerprint density at radius 3 is 2.54 bits per heavy atom. The van der Waals surface area contributed by atoms with Gasteiger partial charge in [-0.05, 0) is 30.2 Å². The molecule has 1 aliphatic heterocycles. The van der Waals surface area contributed by atoms with E-state index in [4.69, 9.17) is 0 Å². The normalized spacial score (nSPS) is 24.3. The van der Waals surface area contributed by atoms with Crippen LogP contribution in [0, 0.1) is 5.92 Å². The van der Waals surface area contributed by atoms with Gasteiger partial charge in [-0.1, -0.05) is 36.4 Å². The summed E-state index contributed by atoms with van der Waals surface area (Å²) in [6.45, 7) is 0.0920. The highest BCUT2D eigenvalue weighted by atomic mass is 19.4. The standard InChI is InChI=1S/C21H19F3N2O2/c22-21(23,24)15-7-4-8-16(10-15)26-12-14(9-19(26)27)20(28)25-18-11-17(18)13-5-2-1-3-6-13/h1-8,10,14,17-18H,9,11-12H2,(H,25,28)/t14-,17-,18+/m0/s1. The van der Waals surface area contributed by atoms with Crippen LogP contribution in [0.1, 0.15) is 29.9 Å². The Morgan fingerprint density at radius 2 is 1.82 bits per heavy atom. The molecule has 0 radical (unpaired) electrons. The molecule has 1 aliphatic carbocycles. The smallest absolute Gasteiger partial charge is 0.352 e. The summed E-state index contributed by atoms with van der Waals surface area (Å²) in [5.41, 5.74) is 0.527. The number of hydrogen-bond acceptors (Lipinski definition) is 2. The maximum atomic E-state index is 12.9. The summed E-state index contributed by atoms with van der Waals surface area (Å²) in [5, 5.41) is 2.97. The number of hydrogen-bond donors (Lipinski definition) is 1. The molecule has 0 spiro atoms. The molecule has 0 unspecified atom stereocenters. The van der Waals surface area contributed by atoms with Gasteiger partial charge in [-0.3, -0.25) is 9.59 Å². The maximum absolute atomic E-state index is 12.9. The van der Waals surface area contributed by atoms with Gasteiger partial charge in [0.2, 0.25) is 11.8 Å². The minimum absolute atomic E-state index is 0.00476. The first kappa shape index (κ1) is 18.5. The Hall–Kier alpha value is -2.83. The monoisotopic (exact) mass is 388 g/mol. The zero-order chi connectivity index (χ0) is 19.9. The van der Waals surface area contributed by atoms with E-state index in [1.807, 2.05) is 30.3 Å². The minimum atomic E-state index is -4.48. The lowest BCUT2D eigenvalue weighted by atomic mass is 10.1. The largest absolute Gasteiger partial charge is 0.416 e. The van der Waals surface area contributed by atoms with Crippen molar-refractivity contribution in [1.29, 1.82) is 0 Å². The van der Waals surface area contributed by atoms with Gasteiger partial charge in [0.1, 0.15) is 0 Å². The lowest BCUT2D eigenvalue weighted by Crippen LogP contribution is -2.34. The van der Waals surface area contributed by atoms with Gasteiger partial charge in [-0.2, -0.15) is 13.2 Å². The van der Waals surface area contributed by atoms with E-state index in [9.17, 15) is 22.8 Å². The maximum Gasteiger partial charge on any atom is 0.416 e. The number of carbonyl (C=O) groups is 2. The minimum Gasteiger partial charge on any atom is -0.352 e. The Morgan fingerprint density at radius 1 is 1.07 bits per heavy atom. The van der Waals surface area contributed by atoms with Gasteiger partial charge in [-0.25, -0.2) is 0 Å². The van der Waals surface area contributed by atoms with Gasteiger partial charge in [0.15, 0.2) is 0 Å². The number of nitrogens with zero attached hydrogens (tertiary/aromatic N) is 1. The molecule has 2 aromatic rings. The molecular formula is C21H19F3N2O2. The molecular weight excluding hydrogens is 369 g/mol. The summed E-state index contributed by atoms with van der Waals surface area (Å²) in [6, 6.07) is 14.6. The van der Waals surface area contributed by atoms with Crippen LogP contribution in [0.2, 0.25) is 0 Å². The predicted octanol–water partition coefficient (Wildman–Crippen LogP) is 3.73. The lowest BCUT2D eigenvalue weighted by Gasteiger charge is -2.18. The van der Waals surface area contributed by atoms with Crippen molar-refractivity contribution in [3.8, 4) is 0 Å². The molecule has 4 nitrogen and oxygen atoms in total. The summed E-state index contributed by atoms with van der Waals surface area (Å²) < 4.78 is 38.7. The van der Waals surface area contributed by atoms with Gasteiger partial charge in [-0.15, -0.1) is 0 Å².